The van der Waals surface area contributed by atoms with Gasteiger partial charge in [-0.1, -0.05) is 0 Å². The summed E-state index contributed by atoms with van der Waals surface area (Å²) < 4.78 is 2.94. The molecule has 0 spiro atoms. The van der Waals surface area contributed by atoms with E-state index in [0.29, 0.717) is 29.7 Å². The number of hydrogen-bond donors (Lipinski definition) is 0. The number of nitrogens with zero attached hydrogens (tertiary/aromatic N) is 4. The van der Waals surface area contributed by atoms with Crippen LogP contribution in [0.25, 0.3) is 5.52 Å². The van der Waals surface area contributed by atoms with Crippen LogP contribution in [0.2, 0.25) is 0 Å². The van der Waals surface area contributed by atoms with Crippen LogP contribution in [0.1, 0.15) is 31.0 Å². The Bertz CT molecular complexity index is 757. The van der Waals surface area contributed by atoms with Crippen molar-refractivity contribution in [1.29, 1.82) is 0 Å². The molecule has 2 saturated heterocycles. The van der Waals surface area contributed by atoms with Gasteiger partial charge in [0.25, 0.3) is 0 Å². The number of hydrogen-bond acceptors (Lipinski definition) is 3. The molecule has 2 aromatic rings. The van der Waals surface area contributed by atoms with Gasteiger partial charge in [-0.2, -0.15) is 0 Å². The van der Waals surface area contributed by atoms with Gasteiger partial charge in [0.15, 0.2) is 0 Å². The molecule has 1 amide bonds. The summed E-state index contributed by atoms with van der Waals surface area (Å²) in [6.45, 7) is 0.824. The van der Waals surface area contributed by atoms with Crippen molar-refractivity contribution in [2.45, 2.75) is 31.2 Å². The van der Waals surface area contributed by atoms with Crippen molar-refractivity contribution < 1.29 is 4.79 Å². The van der Waals surface area contributed by atoms with Crippen molar-refractivity contribution in [2.24, 2.45) is 11.8 Å². The molecule has 3 aliphatic rings. The summed E-state index contributed by atoms with van der Waals surface area (Å²) in [5.74, 6) is 2.76. The number of halogens is 1. The van der Waals surface area contributed by atoms with E-state index in [2.05, 4.69) is 35.2 Å². The van der Waals surface area contributed by atoms with Crippen LogP contribution < -0.4 is 0 Å². The Labute approximate surface area is 130 Å². The Morgan fingerprint density at radius 1 is 1.33 bits per heavy atom. The van der Waals surface area contributed by atoms with Crippen LogP contribution in [0.3, 0.4) is 0 Å². The van der Waals surface area contributed by atoms with Crippen LogP contribution in [0, 0.1) is 11.8 Å². The Balaban J connectivity index is 1.52. The first-order chi connectivity index (χ1) is 10.2. The average Bonchev–Trinajstić information content (AvgIpc) is 3.18. The number of aromatic nitrogens is 3. The van der Waals surface area contributed by atoms with E-state index in [9.17, 15) is 4.79 Å². The highest BCUT2D eigenvalue weighted by atomic mass is 79.9. The molecule has 5 rings (SSSR count). The molecule has 21 heavy (non-hydrogen) atoms. The number of carbonyl (C=O) groups is 1. The predicted octanol–water partition coefficient (Wildman–Crippen LogP) is 2.22. The van der Waals surface area contributed by atoms with E-state index in [-0.39, 0.29) is 0 Å². The monoisotopic (exact) mass is 346 g/mol. The standard InChI is InChI=1S/C15H15BrN4O/c16-13-12-6-17-3-4-19(12)14(18-13)8-1-2-11-9-5-10(9)15(21)20(11)7-8/h3-4,6,8-11H,1-2,5,7H2. The third-order valence-corrected chi connectivity index (χ3v) is 5.94. The zero-order chi connectivity index (χ0) is 14.1. The van der Waals surface area contributed by atoms with Gasteiger partial charge in [-0.25, -0.2) is 4.98 Å². The number of piperidine rings is 2. The number of rotatable bonds is 1. The Hall–Kier alpha value is -1.43. The fourth-order valence-corrected chi connectivity index (χ4v) is 4.73. The molecule has 2 aromatic heterocycles. The molecule has 6 heteroatoms. The van der Waals surface area contributed by atoms with Gasteiger partial charge in [0, 0.05) is 36.8 Å². The molecule has 0 N–H and O–H groups in total. The molecule has 0 radical (unpaired) electrons. The van der Waals surface area contributed by atoms with Crippen molar-refractivity contribution in [1.82, 2.24) is 19.3 Å². The molecule has 5 nitrogen and oxygen atoms in total. The van der Waals surface area contributed by atoms with Gasteiger partial charge < -0.3 is 4.90 Å². The Kier molecular flexibility index (Phi) is 2.35. The smallest absolute Gasteiger partial charge is 0.226 e. The van der Waals surface area contributed by atoms with Crippen LogP contribution in [0.15, 0.2) is 23.2 Å². The minimum absolute atomic E-state index is 0.323. The van der Waals surface area contributed by atoms with E-state index < -0.39 is 0 Å². The molecule has 0 aromatic carbocycles. The van der Waals surface area contributed by atoms with E-state index in [0.717, 1.165) is 41.8 Å². The summed E-state index contributed by atoms with van der Waals surface area (Å²) in [7, 11) is 0. The number of fused-ring (bicyclic) bond motifs is 4. The van der Waals surface area contributed by atoms with Gasteiger partial charge in [0.2, 0.25) is 5.91 Å². The highest BCUT2D eigenvalue weighted by molar-refractivity contribution is 9.10. The minimum Gasteiger partial charge on any atom is -0.338 e. The Morgan fingerprint density at radius 3 is 3.14 bits per heavy atom. The third kappa shape index (κ3) is 1.59. The second-order valence-corrected chi connectivity index (χ2v) is 7.18. The van der Waals surface area contributed by atoms with E-state index in [1.54, 1.807) is 6.20 Å². The summed E-state index contributed by atoms with van der Waals surface area (Å²) in [5.41, 5.74) is 0.991. The van der Waals surface area contributed by atoms with Crippen molar-refractivity contribution in [2.75, 3.05) is 6.54 Å². The molecular formula is C15H15BrN4O. The maximum absolute atomic E-state index is 12.3. The summed E-state index contributed by atoms with van der Waals surface area (Å²) >= 11 is 3.52. The van der Waals surface area contributed by atoms with Crippen LogP contribution in [-0.2, 0) is 4.79 Å². The zero-order valence-electron chi connectivity index (χ0n) is 11.4. The normalized spacial score (nSPS) is 34.1. The molecule has 1 saturated carbocycles. The zero-order valence-corrected chi connectivity index (χ0v) is 13.0. The number of carbonyl (C=O) groups excluding carboxylic acids is 1. The predicted molar refractivity (Wildman–Crippen MR) is 79.8 cm³/mol. The lowest BCUT2D eigenvalue weighted by molar-refractivity contribution is -0.132. The van der Waals surface area contributed by atoms with Crippen molar-refractivity contribution >= 4 is 27.4 Å². The molecule has 4 unspecified atom stereocenters. The largest absolute Gasteiger partial charge is 0.338 e. The topological polar surface area (TPSA) is 50.5 Å². The molecular weight excluding hydrogens is 332 g/mol. The summed E-state index contributed by atoms with van der Waals surface area (Å²) in [5, 5.41) is 0. The summed E-state index contributed by atoms with van der Waals surface area (Å²) in [4.78, 5) is 23.3. The lowest BCUT2D eigenvalue weighted by Crippen LogP contribution is -2.43. The van der Waals surface area contributed by atoms with Crippen LogP contribution in [0.5, 0.6) is 0 Å². The first-order valence-corrected chi connectivity index (χ1v) is 8.31. The van der Waals surface area contributed by atoms with Gasteiger partial charge in [0.1, 0.15) is 10.4 Å². The van der Waals surface area contributed by atoms with E-state index >= 15 is 0 Å². The molecule has 4 atom stereocenters. The van der Waals surface area contributed by atoms with E-state index in [1.165, 1.54) is 0 Å². The molecule has 2 aliphatic heterocycles. The fourth-order valence-electron chi connectivity index (χ4n) is 4.25. The Morgan fingerprint density at radius 2 is 2.24 bits per heavy atom. The lowest BCUT2D eigenvalue weighted by Gasteiger charge is -2.36. The third-order valence-electron chi connectivity index (χ3n) is 5.36. The van der Waals surface area contributed by atoms with E-state index in [1.807, 2.05) is 12.4 Å². The van der Waals surface area contributed by atoms with Gasteiger partial charge in [-0.05, 0) is 41.1 Å². The maximum Gasteiger partial charge on any atom is 0.226 e. The van der Waals surface area contributed by atoms with Crippen LogP contribution in [-0.4, -0.2) is 37.8 Å². The van der Waals surface area contributed by atoms with Gasteiger partial charge >= 0.3 is 0 Å². The van der Waals surface area contributed by atoms with Crippen LogP contribution >= 0.6 is 15.9 Å². The quantitative estimate of drug-likeness (QED) is 0.795. The second-order valence-electron chi connectivity index (χ2n) is 6.43. The lowest BCUT2D eigenvalue weighted by atomic mass is 9.91. The maximum atomic E-state index is 12.3. The number of imidazole rings is 1. The first-order valence-electron chi connectivity index (χ1n) is 7.52. The molecule has 0 bridgehead atoms. The van der Waals surface area contributed by atoms with E-state index in [4.69, 9.17) is 0 Å². The number of amides is 1. The molecule has 3 fully saturated rings. The minimum atomic E-state index is 0.323. The summed E-state index contributed by atoms with van der Waals surface area (Å²) in [6.07, 6.45) is 8.93. The van der Waals surface area contributed by atoms with Gasteiger partial charge in [-0.3, -0.25) is 14.2 Å². The van der Waals surface area contributed by atoms with Gasteiger partial charge in [-0.15, -0.1) is 0 Å². The first kappa shape index (κ1) is 12.1. The molecule has 4 heterocycles. The van der Waals surface area contributed by atoms with Crippen molar-refractivity contribution in [3.8, 4) is 0 Å². The molecule has 1 aliphatic carbocycles. The highest BCUT2D eigenvalue weighted by Crippen LogP contribution is 2.54. The fraction of sp³-hybridized carbons (Fsp3) is 0.533. The van der Waals surface area contributed by atoms with Crippen molar-refractivity contribution in [3.63, 3.8) is 0 Å². The second kappa shape index (κ2) is 4.06. The van der Waals surface area contributed by atoms with Crippen LogP contribution in [0.4, 0.5) is 0 Å². The SMILES string of the molecule is O=C1C2CC2C2CCC(c3nc(Br)c4cnccn34)CN12. The summed E-state index contributed by atoms with van der Waals surface area (Å²) in [6, 6.07) is 0.509. The molecule has 108 valence electrons. The van der Waals surface area contributed by atoms with Gasteiger partial charge in [0.05, 0.1) is 11.7 Å². The highest BCUT2D eigenvalue weighted by Gasteiger charge is 2.59. The average molecular weight is 347 g/mol. The van der Waals surface area contributed by atoms with Crippen molar-refractivity contribution in [3.05, 3.63) is 29.0 Å².